The van der Waals surface area contributed by atoms with Crippen LogP contribution < -0.4 is 0 Å². The maximum Gasteiger partial charge on any atom is 0.0727 e. The van der Waals surface area contributed by atoms with Crippen LogP contribution in [0.25, 0.3) is 96.7 Å². The smallest absolute Gasteiger partial charge is 0.0727 e. The molecule has 4 heteroatoms. The lowest BCUT2D eigenvalue weighted by Gasteiger charge is -2.31. The van der Waals surface area contributed by atoms with E-state index in [4.69, 9.17) is 0 Å². The largest absolute Gasteiger partial charge is 0.0906 e. The molecule has 2 spiro atoms. The summed E-state index contributed by atoms with van der Waals surface area (Å²) in [5, 5.41) is 0. The number of halogens is 4. The zero-order chi connectivity index (χ0) is 83.7. The lowest BCUT2D eigenvalue weighted by molar-refractivity contribution is 0.791. The molecule has 0 heterocycles. The van der Waals surface area contributed by atoms with E-state index >= 15 is 0 Å². The third-order valence-corrected chi connectivity index (χ3v) is 26.6. The Labute approximate surface area is 760 Å². The van der Waals surface area contributed by atoms with Crippen molar-refractivity contribution in [3.8, 4) is 44.5 Å². The molecular formula is C120H80Br4. The Morgan fingerprint density at radius 1 is 0.169 bits per heavy atom. The van der Waals surface area contributed by atoms with Crippen LogP contribution in [0.4, 0.5) is 0 Å². The second-order valence-corrected chi connectivity index (χ2v) is 35.5. The van der Waals surface area contributed by atoms with Gasteiger partial charge in [-0.3, -0.25) is 0 Å². The first-order valence-corrected chi connectivity index (χ1v) is 45.1. The zero-order valence-corrected chi connectivity index (χ0v) is 74.1. The molecule has 0 aliphatic heterocycles. The highest BCUT2D eigenvalue weighted by molar-refractivity contribution is 9.11. The van der Waals surface area contributed by atoms with E-state index < -0.39 is 5.41 Å². The molecule has 4 aliphatic carbocycles. The van der Waals surface area contributed by atoms with Crippen molar-refractivity contribution in [3.63, 3.8) is 0 Å². The highest BCUT2D eigenvalue weighted by Crippen LogP contribution is 2.66. The van der Waals surface area contributed by atoms with Gasteiger partial charge >= 0.3 is 0 Å². The number of hydrogen-bond donors (Lipinski definition) is 0. The second kappa shape index (κ2) is 34.5. The van der Waals surface area contributed by atoms with Crippen LogP contribution in [-0.2, 0) is 10.8 Å². The minimum Gasteiger partial charge on any atom is -0.0906 e. The van der Waals surface area contributed by atoms with E-state index in [-0.39, 0.29) is 5.41 Å². The maximum absolute atomic E-state index is 4.10. The van der Waals surface area contributed by atoms with E-state index in [1.54, 1.807) is 0 Å². The minimum atomic E-state index is -0.727. The van der Waals surface area contributed by atoms with E-state index in [2.05, 4.69) is 507 Å². The van der Waals surface area contributed by atoms with Crippen LogP contribution in [0.5, 0.6) is 0 Å². The molecule has 22 rings (SSSR count). The predicted molar refractivity (Wildman–Crippen MR) is 537 cm³/mol. The van der Waals surface area contributed by atoms with E-state index in [9.17, 15) is 0 Å². The van der Waals surface area contributed by atoms with Crippen LogP contribution in [0.3, 0.4) is 0 Å². The Morgan fingerprint density at radius 3 is 0.484 bits per heavy atom. The first-order chi connectivity index (χ1) is 61.0. The topological polar surface area (TPSA) is 0 Å². The third-order valence-electron chi connectivity index (χ3n) is 24.7. The second-order valence-electron chi connectivity index (χ2n) is 31.9. The molecule has 0 aromatic heterocycles. The summed E-state index contributed by atoms with van der Waals surface area (Å²) in [4.78, 5) is 0. The normalized spacial score (nSPS) is 12.4. The Kier molecular flexibility index (Phi) is 22.0. The molecule has 0 unspecified atom stereocenters. The third kappa shape index (κ3) is 14.9. The van der Waals surface area contributed by atoms with Crippen molar-refractivity contribution in [3.05, 3.63) is 596 Å². The summed E-state index contributed by atoms with van der Waals surface area (Å²) in [7, 11) is 0. The molecule has 124 heavy (non-hydrogen) atoms. The van der Waals surface area contributed by atoms with Gasteiger partial charge in [0.25, 0.3) is 0 Å². The lowest BCUT2D eigenvalue weighted by Crippen LogP contribution is -2.26. The van der Waals surface area contributed by atoms with Gasteiger partial charge in [0.1, 0.15) is 0 Å². The van der Waals surface area contributed by atoms with Gasteiger partial charge in [0, 0.05) is 17.9 Å². The van der Waals surface area contributed by atoms with Crippen LogP contribution in [0, 0.1) is 0 Å². The summed E-state index contributed by atoms with van der Waals surface area (Å²) in [6.45, 7) is 4.10. The number of fused-ring (bicyclic) bond motifs is 20. The van der Waals surface area contributed by atoms with Crippen LogP contribution >= 0.6 is 63.7 Å². The van der Waals surface area contributed by atoms with Crippen molar-refractivity contribution in [1.82, 2.24) is 0 Å². The van der Waals surface area contributed by atoms with Gasteiger partial charge in [-0.1, -0.05) is 446 Å². The van der Waals surface area contributed by atoms with Crippen LogP contribution in [0.15, 0.2) is 473 Å². The summed E-state index contributed by atoms with van der Waals surface area (Å²) in [6, 6.07) is 163. The number of benzene rings is 18. The van der Waals surface area contributed by atoms with Gasteiger partial charge in [-0.25, -0.2) is 0 Å². The van der Waals surface area contributed by atoms with Gasteiger partial charge in [-0.2, -0.15) is 0 Å². The molecular weight excluding hydrogens is 1760 g/mol. The average molecular weight is 1840 g/mol. The molecule has 0 amide bonds. The maximum atomic E-state index is 4.10. The van der Waals surface area contributed by atoms with Crippen molar-refractivity contribution in [2.45, 2.75) is 10.8 Å². The standard InChI is InChI=1S/C81H56.C25H12Br4.C14H12/c1-9-25-61(26-10-1)73(62-27-11-2-12-28-62)49-57-41-45-69-70-46-42-58(50-74(63-29-13-3-14-30-63)64-31-15-4-16-32-64)54-78(70)81(77(69)53-57)79-55-59(51-75(65-33-17-5-18-34-65)66-35-19-6-20-36-66)43-47-71(79)72-48-44-60(56-80(72)81)52-76(67-37-21-7-22-38-67)68-39-23-8-24-40-68;26-13-1-5-17-18-6-2-14(27)10-22(18)25(21(17)9-13)23-11-15(28)3-7-19(23)20-8-4-16(29)12-24(20)25;1-12(13-8-4-2-5-9-13)14-10-6-3-7-11-14/h1-56H;1-12H;2-11H,1H2. The fourth-order valence-electron chi connectivity index (χ4n) is 19.2. The van der Waals surface area contributed by atoms with Crippen molar-refractivity contribution in [1.29, 1.82) is 0 Å². The summed E-state index contributed by atoms with van der Waals surface area (Å²) in [6.07, 6.45) is 9.59. The van der Waals surface area contributed by atoms with Gasteiger partial charge < -0.3 is 0 Å². The quantitative estimate of drug-likeness (QED) is 0.0952. The highest BCUT2D eigenvalue weighted by atomic mass is 79.9. The van der Waals surface area contributed by atoms with Crippen molar-refractivity contribution >= 4 is 116 Å². The highest BCUT2D eigenvalue weighted by Gasteiger charge is 2.54. The van der Waals surface area contributed by atoms with Crippen molar-refractivity contribution < 1.29 is 0 Å². The van der Waals surface area contributed by atoms with E-state index in [1.165, 1.54) is 167 Å². The molecule has 0 bridgehead atoms. The van der Waals surface area contributed by atoms with E-state index in [0.717, 1.165) is 45.7 Å². The first kappa shape index (κ1) is 79.1. The molecule has 4 aliphatic rings. The molecule has 588 valence electrons. The lowest BCUT2D eigenvalue weighted by atomic mass is 9.69. The van der Waals surface area contributed by atoms with Gasteiger partial charge in [0.2, 0.25) is 0 Å². The Morgan fingerprint density at radius 2 is 0.315 bits per heavy atom. The molecule has 0 N–H and O–H groups in total. The van der Waals surface area contributed by atoms with Gasteiger partial charge in [0.05, 0.1) is 10.8 Å². The Hall–Kier alpha value is -13.4. The first-order valence-electron chi connectivity index (χ1n) is 41.9. The summed E-state index contributed by atoms with van der Waals surface area (Å²) >= 11 is 14.9. The SMILES string of the molecule is Brc1ccc2c(c1)C1(c3cc(Br)ccc3-2)c2cc(Br)ccc2-c2ccc(Br)cc21.C(=C(c1ccccc1)c1ccccc1)c1ccc2c(c1)C1(c3cc(C=C(c4ccccc4)c4ccccc4)ccc3-2)c2cc(C=C(c3ccccc3)c3ccccc3)ccc2-c2ccc(C=C(c3ccccc3)c3ccccc3)cc21.C=C(c1ccccc1)c1ccccc1. The monoisotopic (exact) mass is 1840 g/mol. The molecule has 0 saturated heterocycles. The van der Waals surface area contributed by atoms with Gasteiger partial charge in [-0.05, 0) is 292 Å². The van der Waals surface area contributed by atoms with Crippen molar-refractivity contribution in [2.24, 2.45) is 0 Å². The fraction of sp³-hybridized carbons (Fsp3) is 0.0167. The molecule has 0 atom stereocenters. The van der Waals surface area contributed by atoms with E-state index in [0.29, 0.717) is 0 Å². The Balaban J connectivity index is 0.000000183. The summed E-state index contributed by atoms with van der Waals surface area (Å²) < 4.78 is 4.40. The molecule has 0 fully saturated rings. The van der Waals surface area contributed by atoms with Crippen molar-refractivity contribution in [2.75, 3.05) is 0 Å². The van der Waals surface area contributed by atoms with Crippen LogP contribution in [0.1, 0.15) is 122 Å². The summed E-state index contributed by atoms with van der Waals surface area (Å²) in [5.74, 6) is 0. The molecule has 0 nitrogen and oxygen atoms in total. The fourth-order valence-corrected chi connectivity index (χ4v) is 20.6. The molecule has 0 radical (unpaired) electrons. The van der Waals surface area contributed by atoms with Crippen LogP contribution in [-0.4, -0.2) is 0 Å². The number of rotatable bonds is 14. The van der Waals surface area contributed by atoms with E-state index in [1.807, 2.05) is 36.4 Å². The minimum absolute atomic E-state index is 0.337. The molecule has 18 aromatic rings. The average Bonchev–Trinajstić information content (AvgIpc) is 1.51. The summed E-state index contributed by atoms with van der Waals surface area (Å²) in [5.41, 5.74) is 41.7. The van der Waals surface area contributed by atoms with Gasteiger partial charge in [-0.15, -0.1) is 0 Å². The zero-order valence-electron chi connectivity index (χ0n) is 67.8. The molecule has 18 aromatic carbocycles. The predicted octanol–water partition coefficient (Wildman–Crippen LogP) is 33.2. The van der Waals surface area contributed by atoms with Gasteiger partial charge in [0.15, 0.2) is 0 Å². The molecule has 0 saturated carbocycles. The Bertz CT molecular complexity index is 6210. The number of hydrogen-bond acceptors (Lipinski definition) is 0. The van der Waals surface area contributed by atoms with Crippen LogP contribution in [0.2, 0.25) is 0 Å².